The van der Waals surface area contributed by atoms with Crippen LogP contribution in [0.1, 0.15) is 23.2 Å². The fourth-order valence-electron chi connectivity index (χ4n) is 1.89. The quantitative estimate of drug-likeness (QED) is 0.873. The molecule has 0 radical (unpaired) electrons. The molecule has 104 valence electrons. The minimum atomic E-state index is -3.69. The second-order valence-electron chi connectivity index (χ2n) is 4.21. The van der Waals surface area contributed by atoms with Gasteiger partial charge in [0.05, 0.1) is 11.3 Å². The second kappa shape index (κ2) is 5.14. The van der Waals surface area contributed by atoms with E-state index in [4.69, 9.17) is 5.11 Å². The molecule has 6 nitrogen and oxygen atoms in total. The van der Waals surface area contributed by atoms with Crippen molar-refractivity contribution in [3.05, 3.63) is 29.6 Å². The fourth-order valence-corrected chi connectivity index (χ4v) is 3.19. The molecule has 0 unspecified atom stereocenters. The van der Waals surface area contributed by atoms with Crippen LogP contribution in [0.4, 0.5) is 10.1 Å². The van der Waals surface area contributed by atoms with E-state index in [-0.39, 0.29) is 5.69 Å². The van der Waals surface area contributed by atoms with Crippen LogP contribution in [0.2, 0.25) is 0 Å². The van der Waals surface area contributed by atoms with Crippen molar-refractivity contribution in [3.8, 4) is 0 Å². The topological polar surface area (TPSA) is 86.7 Å². The number of nitrogens with zero attached hydrogens (tertiary/aromatic N) is 1. The van der Waals surface area contributed by atoms with E-state index in [1.165, 1.54) is 10.4 Å². The number of anilines is 1. The molecule has 0 bridgehead atoms. The van der Waals surface area contributed by atoms with Gasteiger partial charge in [0.25, 0.3) is 0 Å². The molecule has 8 heteroatoms. The average Bonchev–Trinajstić information content (AvgIpc) is 2.81. The molecular weight excluding hydrogens is 275 g/mol. The van der Waals surface area contributed by atoms with Gasteiger partial charge in [0.2, 0.25) is 0 Å². The van der Waals surface area contributed by atoms with E-state index >= 15 is 0 Å². The summed E-state index contributed by atoms with van der Waals surface area (Å²) in [7, 11) is -3.69. The molecule has 0 aromatic heterocycles. The summed E-state index contributed by atoms with van der Waals surface area (Å²) in [5.74, 6) is -2.37. The van der Waals surface area contributed by atoms with Crippen molar-refractivity contribution in [3.63, 3.8) is 0 Å². The Kier molecular flexibility index (Phi) is 3.72. The van der Waals surface area contributed by atoms with E-state index in [0.29, 0.717) is 13.1 Å². The van der Waals surface area contributed by atoms with Gasteiger partial charge < -0.3 is 5.11 Å². The summed E-state index contributed by atoms with van der Waals surface area (Å²) in [5, 5.41) is 8.67. The first-order valence-corrected chi connectivity index (χ1v) is 7.15. The van der Waals surface area contributed by atoms with Crippen LogP contribution in [0.5, 0.6) is 0 Å². The van der Waals surface area contributed by atoms with E-state index in [9.17, 15) is 17.6 Å². The average molecular weight is 288 g/mol. The third kappa shape index (κ3) is 3.02. The molecular formula is C11H13FN2O4S. The van der Waals surface area contributed by atoms with Crippen LogP contribution in [0.25, 0.3) is 0 Å². The predicted octanol–water partition coefficient (Wildman–Crippen LogP) is 1.28. The lowest BCUT2D eigenvalue weighted by Gasteiger charge is -2.16. The molecule has 1 fully saturated rings. The van der Waals surface area contributed by atoms with Gasteiger partial charge in [-0.1, -0.05) is 0 Å². The molecule has 0 aliphatic carbocycles. The van der Waals surface area contributed by atoms with Gasteiger partial charge in [0.15, 0.2) is 0 Å². The summed E-state index contributed by atoms with van der Waals surface area (Å²) in [5.41, 5.74) is -0.487. The highest BCUT2D eigenvalue weighted by molar-refractivity contribution is 7.90. The summed E-state index contributed by atoms with van der Waals surface area (Å²) in [6.45, 7) is 0.871. The summed E-state index contributed by atoms with van der Waals surface area (Å²) in [6, 6.07) is 3.11. The van der Waals surface area contributed by atoms with Crippen molar-refractivity contribution in [1.82, 2.24) is 4.31 Å². The Morgan fingerprint density at radius 1 is 1.32 bits per heavy atom. The van der Waals surface area contributed by atoms with Crippen LogP contribution in [-0.2, 0) is 10.2 Å². The smallest absolute Gasteiger partial charge is 0.338 e. The fraction of sp³-hybridized carbons (Fsp3) is 0.364. The maximum absolute atomic E-state index is 13.4. The highest BCUT2D eigenvalue weighted by Crippen LogP contribution is 2.19. The number of carboxylic acids is 1. The van der Waals surface area contributed by atoms with Crippen LogP contribution in [0, 0.1) is 5.82 Å². The summed E-state index contributed by atoms with van der Waals surface area (Å²) in [4.78, 5) is 10.6. The normalized spacial score (nSPS) is 16.5. The van der Waals surface area contributed by atoms with Crippen LogP contribution in [-0.4, -0.2) is 36.9 Å². The zero-order valence-electron chi connectivity index (χ0n) is 9.97. The maximum atomic E-state index is 13.4. The molecule has 1 aliphatic heterocycles. The Hall–Kier alpha value is -1.67. The third-order valence-electron chi connectivity index (χ3n) is 2.85. The van der Waals surface area contributed by atoms with E-state index in [1.54, 1.807) is 0 Å². The van der Waals surface area contributed by atoms with Crippen molar-refractivity contribution in [2.75, 3.05) is 17.8 Å². The van der Waals surface area contributed by atoms with Gasteiger partial charge in [-0.05, 0) is 31.0 Å². The predicted molar refractivity (Wildman–Crippen MR) is 66.7 cm³/mol. The third-order valence-corrected chi connectivity index (χ3v) is 4.39. The monoisotopic (exact) mass is 288 g/mol. The number of hydrogen-bond acceptors (Lipinski definition) is 3. The first-order valence-electron chi connectivity index (χ1n) is 5.71. The number of hydrogen-bond donors (Lipinski definition) is 2. The molecule has 1 heterocycles. The molecule has 0 spiro atoms. The first kappa shape index (κ1) is 13.8. The number of rotatable bonds is 4. The minimum Gasteiger partial charge on any atom is -0.478 e. The lowest BCUT2D eigenvalue weighted by atomic mass is 10.2. The molecule has 0 saturated carbocycles. The number of carboxylic acid groups (broad SMARTS) is 1. The zero-order valence-corrected chi connectivity index (χ0v) is 10.8. The summed E-state index contributed by atoms with van der Waals surface area (Å²) >= 11 is 0. The van der Waals surface area contributed by atoms with Crippen molar-refractivity contribution in [1.29, 1.82) is 0 Å². The molecule has 19 heavy (non-hydrogen) atoms. The van der Waals surface area contributed by atoms with E-state index in [1.807, 2.05) is 0 Å². The number of halogens is 1. The Bertz CT molecular complexity index is 597. The van der Waals surface area contributed by atoms with Gasteiger partial charge in [-0.25, -0.2) is 9.18 Å². The van der Waals surface area contributed by atoms with Gasteiger partial charge in [0.1, 0.15) is 5.82 Å². The first-order chi connectivity index (χ1) is 8.90. The summed E-state index contributed by atoms with van der Waals surface area (Å²) < 4.78 is 40.7. The van der Waals surface area contributed by atoms with Gasteiger partial charge in [-0.2, -0.15) is 12.7 Å². The molecule has 2 N–H and O–H groups in total. The molecule has 1 aliphatic rings. The second-order valence-corrected chi connectivity index (χ2v) is 5.88. The number of carbonyl (C=O) groups is 1. The van der Waals surface area contributed by atoms with Crippen molar-refractivity contribution in [2.24, 2.45) is 0 Å². The SMILES string of the molecule is O=C(O)c1ccc(NS(=O)(=O)N2CCCC2)cc1F. The molecule has 0 atom stereocenters. The molecule has 0 amide bonds. The van der Waals surface area contributed by atoms with Crippen molar-refractivity contribution in [2.45, 2.75) is 12.8 Å². The molecule has 1 aromatic rings. The highest BCUT2D eigenvalue weighted by Gasteiger charge is 2.25. The molecule has 1 saturated heterocycles. The molecule has 2 rings (SSSR count). The van der Waals surface area contributed by atoms with Gasteiger partial charge in [0, 0.05) is 13.1 Å². The zero-order chi connectivity index (χ0) is 14.0. The van der Waals surface area contributed by atoms with Crippen molar-refractivity contribution < 1.29 is 22.7 Å². The Morgan fingerprint density at radius 3 is 2.47 bits per heavy atom. The summed E-state index contributed by atoms with van der Waals surface area (Å²) in [6.07, 6.45) is 1.60. The lowest BCUT2D eigenvalue weighted by molar-refractivity contribution is 0.0692. The number of benzene rings is 1. The minimum absolute atomic E-state index is 0.00870. The van der Waals surface area contributed by atoms with Crippen molar-refractivity contribution >= 4 is 21.9 Å². The Morgan fingerprint density at radius 2 is 1.95 bits per heavy atom. The highest BCUT2D eigenvalue weighted by atomic mass is 32.2. The van der Waals surface area contributed by atoms with Gasteiger partial charge in [-0.3, -0.25) is 4.72 Å². The van der Waals surface area contributed by atoms with Crippen LogP contribution in [0.15, 0.2) is 18.2 Å². The maximum Gasteiger partial charge on any atom is 0.338 e. The lowest BCUT2D eigenvalue weighted by Crippen LogP contribution is -2.33. The van der Waals surface area contributed by atoms with Crippen LogP contribution in [0.3, 0.4) is 0 Å². The van der Waals surface area contributed by atoms with Gasteiger partial charge in [-0.15, -0.1) is 0 Å². The van der Waals surface area contributed by atoms with E-state index in [0.717, 1.165) is 25.0 Å². The van der Waals surface area contributed by atoms with Gasteiger partial charge >= 0.3 is 16.2 Å². The van der Waals surface area contributed by atoms with Crippen LogP contribution < -0.4 is 4.72 Å². The standard InChI is InChI=1S/C11H13FN2O4S/c12-10-7-8(3-4-9(10)11(15)16)13-19(17,18)14-5-1-2-6-14/h3-4,7,13H,1-2,5-6H2,(H,15,16). The van der Waals surface area contributed by atoms with E-state index < -0.39 is 27.6 Å². The Labute approximate surface area is 110 Å². The van der Waals surface area contributed by atoms with Crippen LogP contribution >= 0.6 is 0 Å². The molecule has 1 aromatic carbocycles. The number of aromatic carboxylic acids is 1. The number of nitrogens with one attached hydrogen (secondary N) is 1. The van der Waals surface area contributed by atoms with E-state index in [2.05, 4.69) is 4.72 Å². The Balaban J connectivity index is 2.19. The largest absolute Gasteiger partial charge is 0.478 e.